The molecule has 2 aromatic heterocycles. The van der Waals surface area contributed by atoms with Crippen LogP contribution < -0.4 is 11.1 Å². The van der Waals surface area contributed by atoms with Gasteiger partial charge in [0.2, 0.25) is 0 Å². The molecule has 1 unspecified atom stereocenters. The van der Waals surface area contributed by atoms with Gasteiger partial charge in [-0.3, -0.25) is 4.79 Å². The molecule has 4 rings (SSSR count). The Labute approximate surface area is 208 Å². The van der Waals surface area contributed by atoms with Gasteiger partial charge in [-0.15, -0.1) is 0 Å². The Hall–Kier alpha value is -3.64. The number of nitrogens with zero attached hydrogens (tertiary/aromatic N) is 3. The molecule has 1 atom stereocenters. The number of nitrogen functional groups attached to an aromatic ring is 1. The fraction of sp³-hybridized carbons (Fsp3) is 0.269. The fourth-order valence-electron chi connectivity index (χ4n) is 3.93. The second kappa shape index (κ2) is 10.7. The number of aromatic nitrogens is 3. The molecule has 0 aliphatic carbocycles. The second-order valence-electron chi connectivity index (χ2n) is 8.14. The molecule has 0 saturated heterocycles. The summed E-state index contributed by atoms with van der Waals surface area (Å²) in [4.78, 5) is 26.6. The molecule has 0 bridgehead atoms. The van der Waals surface area contributed by atoms with Crippen LogP contribution in [0.25, 0.3) is 21.8 Å². The van der Waals surface area contributed by atoms with Gasteiger partial charge in [0.25, 0.3) is 5.91 Å². The molecule has 4 aromatic rings. The number of carbonyl (C=O) groups is 1. The number of fused-ring (bicyclic) bond motifs is 2. The van der Waals surface area contributed by atoms with Gasteiger partial charge in [0.1, 0.15) is 11.3 Å². The highest BCUT2D eigenvalue weighted by Gasteiger charge is 2.16. The molecule has 0 fully saturated rings. The molecular weight excluding hydrogens is 464 g/mol. The number of aliphatic hydroxyl groups is 1. The molecule has 0 spiro atoms. The number of benzene rings is 2. The van der Waals surface area contributed by atoms with E-state index in [1.165, 1.54) is 6.33 Å². The number of amides is 1. The molecule has 5 N–H and O–H groups in total. The van der Waals surface area contributed by atoms with E-state index in [4.69, 9.17) is 17.3 Å². The minimum Gasteiger partial charge on any atom is -0.390 e. The Balaban J connectivity index is 1.59. The summed E-state index contributed by atoms with van der Waals surface area (Å²) in [5.41, 5.74) is 8.89. The Morgan fingerprint density at radius 3 is 2.80 bits per heavy atom. The maximum absolute atomic E-state index is 12.8. The number of aliphatic hydroxyl groups excluding tert-OH is 1. The average molecular weight is 491 g/mol. The van der Waals surface area contributed by atoms with Crippen molar-refractivity contribution in [3.63, 3.8) is 0 Å². The minimum atomic E-state index is -0.658. The number of hydrogen-bond acceptors (Lipinski definition) is 6. The van der Waals surface area contributed by atoms with Crippen molar-refractivity contribution in [3.05, 3.63) is 64.6 Å². The van der Waals surface area contributed by atoms with Gasteiger partial charge in [-0.2, -0.15) is 0 Å². The number of H-pyrrole nitrogens is 1. The third-order valence-corrected chi connectivity index (χ3v) is 6.13. The maximum Gasteiger partial charge on any atom is 0.253 e. The van der Waals surface area contributed by atoms with E-state index in [1.54, 1.807) is 24.4 Å². The van der Waals surface area contributed by atoms with Crippen LogP contribution in [-0.2, 0) is 0 Å². The lowest BCUT2D eigenvalue weighted by Gasteiger charge is -2.22. The highest BCUT2D eigenvalue weighted by molar-refractivity contribution is 6.31. The van der Waals surface area contributed by atoms with E-state index in [0.717, 1.165) is 23.9 Å². The normalized spacial score (nSPS) is 12.0. The molecule has 0 aliphatic heterocycles. The van der Waals surface area contributed by atoms with E-state index in [2.05, 4.69) is 37.0 Å². The summed E-state index contributed by atoms with van der Waals surface area (Å²) in [6.07, 6.45) is 2.55. The van der Waals surface area contributed by atoms with E-state index in [1.807, 2.05) is 26.0 Å². The molecule has 8 nitrogen and oxygen atoms in total. The van der Waals surface area contributed by atoms with Crippen molar-refractivity contribution in [2.75, 3.05) is 31.9 Å². The lowest BCUT2D eigenvalue weighted by Crippen LogP contribution is -2.40. The summed E-state index contributed by atoms with van der Waals surface area (Å²) >= 11 is 6.18. The van der Waals surface area contributed by atoms with Crippen LogP contribution in [0.5, 0.6) is 0 Å². The number of aromatic amines is 1. The minimum absolute atomic E-state index is 0.155. The van der Waals surface area contributed by atoms with E-state index in [0.29, 0.717) is 45.1 Å². The van der Waals surface area contributed by atoms with Crippen molar-refractivity contribution in [3.8, 4) is 11.8 Å². The number of likely N-dealkylation sites (N-methyl/N-ethyl adjacent to an activating group) is 1. The number of nitrogens with one attached hydrogen (secondary N) is 2. The van der Waals surface area contributed by atoms with Crippen LogP contribution in [0.3, 0.4) is 0 Å². The number of carbonyl (C=O) groups excluding carboxylic acids is 1. The van der Waals surface area contributed by atoms with E-state index >= 15 is 0 Å². The Morgan fingerprint density at radius 2 is 2.03 bits per heavy atom. The number of anilines is 1. The Bertz CT molecular complexity index is 1430. The van der Waals surface area contributed by atoms with Crippen LogP contribution in [0.4, 0.5) is 5.82 Å². The molecule has 0 saturated carbocycles. The zero-order valence-corrected chi connectivity index (χ0v) is 20.4. The SMILES string of the molecule is CCN(CC)CC(O)CNC(=O)c1ccc(C#Cc2c(N)ncc3ccc(Cl)cc23)c2nc[nH]c12. The Morgan fingerprint density at radius 1 is 1.23 bits per heavy atom. The van der Waals surface area contributed by atoms with Gasteiger partial charge in [-0.25, -0.2) is 9.97 Å². The molecule has 0 radical (unpaired) electrons. The van der Waals surface area contributed by atoms with Crippen LogP contribution in [0.15, 0.2) is 42.9 Å². The molecule has 35 heavy (non-hydrogen) atoms. The van der Waals surface area contributed by atoms with Crippen molar-refractivity contribution >= 4 is 45.1 Å². The first-order valence-electron chi connectivity index (χ1n) is 11.4. The molecule has 2 aromatic carbocycles. The van der Waals surface area contributed by atoms with Crippen LogP contribution >= 0.6 is 11.6 Å². The van der Waals surface area contributed by atoms with Crippen LogP contribution in [0, 0.1) is 11.8 Å². The van der Waals surface area contributed by atoms with Crippen molar-refractivity contribution in [1.82, 2.24) is 25.2 Å². The predicted molar refractivity (Wildman–Crippen MR) is 139 cm³/mol. The van der Waals surface area contributed by atoms with Gasteiger partial charge in [0.15, 0.2) is 0 Å². The molecular formula is C26H27ClN6O2. The summed E-state index contributed by atoms with van der Waals surface area (Å²) in [5.74, 6) is 6.24. The first kappa shape index (κ1) is 24.5. The van der Waals surface area contributed by atoms with Gasteiger partial charge in [-0.1, -0.05) is 43.4 Å². The summed E-state index contributed by atoms with van der Waals surface area (Å²) < 4.78 is 0. The Kier molecular flexibility index (Phi) is 7.51. The predicted octanol–water partition coefficient (Wildman–Crippen LogP) is 3.18. The van der Waals surface area contributed by atoms with Crippen LogP contribution in [0.1, 0.15) is 35.3 Å². The smallest absolute Gasteiger partial charge is 0.253 e. The molecule has 2 heterocycles. The summed E-state index contributed by atoms with van der Waals surface area (Å²) in [7, 11) is 0. The first-order chi connectivity index (χ1) is 16.9. The standard InChI is InChI=1S/C26H27ClN6O2/c1-3-33(4-2)14-19(34)13-30-26(35)21-10-7-16(23-24(21)32-15-31-23)6-9-20-22-11-18(27)8-5-17(22)12-29-25(20)28/h5,7-8,10-12,15,19,34H,3-4,13-14H2,1-2H3,(H2,28,29)(H,30,35)(H,31,32). The van der Waals surface area contributed by atoms with Gasteiger partial charge < -0.3 is 26.0 Å². The van der Waals surface area contributed by atoms with E-state index in [9.17, 15) is 9.90 Å². The van der Waals surface area contributed by atoms with Gasteiger partial charge in [0, 0.05) is 35.1 Å². The van der Waals surface area contributed by atoms with Crippen molar-refractivity contribution in [2.45, 2.75) is 20.0 Å². The highest BCUT2D eigenvalue weighted by Crippen LogP contribution is 2.25. The highest BCUT2D eigenvalue weighted by atomic mass is 35.5. The zero-order chi connectivity index (χ0) is 24.9. The number of pyridine rings is 1. The van der Waals surface area contributed by atoms with Crippen molar-refractivity contribution < 1.29 is 9.90 Å². The molecule has 180 valence electrons. The third-order valence-electron chi connectivity index (χ3n) is 5.89. The van der Waals surface area contributed by atoms with Crippen molar-refractivity contribution in [1.29, 1.82) is 0 Å². The molecule has 9 heteroatoms. The number of halogens is 1. The molecule has 0 aliphatic rings. The van der Waals surface area contributed by atoms with E-state index in [-0.39, 0.29) is 12.5 Å². The number of rotatable bonds is 7. The lowest BCUT2D eigenvalue weighted by atomic mass is 10.0. The quantitative estimate of drug-likeness (QED) is 0.295. The summed E-state index contributed by atoms with van der Waals surface area (Å²) in [6, 6.07) is 8.91. The van der Waals surface area contributed by atoms with Gasteiger partial charge in [-0.05, 0) is 37.4 Å². The van der Waals surface area contributed by atoms with Gasteiger partial charge >= 0.3 is 0 Å². The maximum atomic E-state index is 12.8. The first-order valence-corrected chi connectivity index (χ1v) is 11.8. The van der Waals surface area contributed by atoms with Crippen molar-refractivity contribution in [2.24, 2.45) is 0 Å². The monoisotopic (exact) mass is 490 g/mol. The average Bonchev–Trinajstić information content (AvgIpc) is 3.35. The van der Waals surface area contributed by atoms with Crippen LogP contribution in [-0.4, -0.2) is 63.1 Å². The number of hydrogen-bond donors (Lipinski definition) is 4. The second-order valence-corrected chi connectivity index (χ2v) is 8.57. The fourth-order valence-corrected chi connectivity index (χ4v) is 4.11. The topological polar surface area (TPSA) is 120 Å². The summed E-state index contributed by atoms with van der Waals surface area (Å²) in [5, 5.41) is 15.4. The third kappa shape index (κ3) is 5.38. The van der Waals surface area contributed by atoms with E-state index < -0.39 is 6.10 Å². The molecule has 1 amide bonds. The van der Waals surface area contributed by atoms with Gasteiger partial charge in [0.05, 0.1) is 34.6 Å². The largest absolute Gasteiger partial charge is 0.390 e. The summed E-state index contributed by atoms with van der Waals surface area (Å²) in [6.45, 7) is 6.41. The van der Waals surface area contributed by atoms with Crippen LogP contribution in [0.2, 0.25) is 5.02 Å². The number of nitrogens with two attached hydrogens (primary N) is 1. The zero-order valence-electron chi connectivity index (χ0n) is 19.6. The number of imidazole rings is 1. The lowest BCUT2D eigenvalue weighted by molar-refractivity contribution is 0.0871.